The average Bonchev–Trinajstić information content (AvgIpc) is 2.36. The molecule has 1 heterocycles. The van der Waals surface area contributed by atoms with Crippen LogP contribution < -0.4 is 0 Å². The lowest BCUT2D eigenvalue weighted by atomic mass is 9.85. The summed E-state index contributed by atoms with van der Waals surface area (Å²) in [5, 5.41) is 0. The summed E-state index contributed by atoms with van der Waals surface area (Å²) >= 11 is 4.49. The van der Waals surface area contributed by atoms with E-state index in [2.05, 4.69) is 45.2 Å². The molecule has 0 aromatic rings. The van der Waals surface area contributed by atoms with Crippen molar-refractivity contribution < 1.29 is 0 Å². The van der Waals surface area contributed by atoms with Crippen molar-refractivity contribution in [3.63, 3.8) is 0 Å². The summed E-state index contributed by atoms with van der Waals surface area (Å²) in [5.41, 5.74) is 0.559. The van der Waals surface area contributed by atoms with Crippen LogP contribution in [-0.4, -0.2) is 30.3 Å². The maximum absolute atomic E-state index is 4.49. The minimum Gasteiger partial charge on any atom is -0.303 e. The fourth-order valence-corrected chi connectivity index (χ4v) is 3.01. The Hall–Kier alpha value is 0.310. The van der Waals surface area contributed by atoms with Crippen molar-refractivity contribution in [1.82, 2.24) is 4.90 Å². The first-order valence-corrected chi connectivity index (χ1v) is 7.41. The molecule has 1 fully saturated rings. The Labute approximate surface area is 107 Å². The van der Waals surface area contributed by atoms with Gasteiger partial charge in [0, 0.05) is 6.54 Å². The Morgan fingerprint density at radius 3 is 2.44 bits per heavy atom. The summed E-state index contributed by atoms with van der Waals surface area (Å²) in [4.78, 5) is 2.66. The van der Waals surface area contributed by atoms with E-state index in [0.717, 1.165) is 17.6 Å². The SMILES string of the molecule is CC(C)C(CS)CN1CCCC(C)(C)CC1. The highest BCUT2D eigenvalue weighted by atomic mass is 32.1. The third kappa shape index (κ3) is 4.67. The standard InChI is InChI=1S/C14H29NS/c1-12(2)13(11-16)10-15-8-5-6-14(3,4)7-9-15/h12-13,16H,5-11H2,1-4H3. The first-order valence-electron chi connectivity index (χ1n) is 6.78. The molecule has 0 saturated carbocycles. The average molecular weight is 243 g/mol. The van der Waals surface area contributed by atoms with Gasteiger partial charge in [0.05, 0.1) is 0 Å². The van der Waals surface area contributed by atoms with Gasteiger partial charge in [-0.1, -0.05) is 27.7 Å². The van der Waals surface area contributed by atoms with E-state index in [-0.39, 0.29) is 0 Å². The van der Waals surface area contributed by atoms with Crippen LogP contribution in [-0.2, 0) is 0 Å². The molecule has 1 aliphatic heterocycles. The molecule has 0 spiro atoms. The van der Waals surface area contributed by atoms with E-state index in [0.29, 0.717) is 5.41 Å². The Morgan fingerprint density at radius 2 is 1.88 bits per heavy atom. The van der Waals surface area contributed by atoms with Crippen molar-refractivity contribution in [2.45, 2.75) is 47.0 Å². The van der Waals surface area contributed by atoms with E-state index in [9.17, 15) is 0 Å². The highest BCUT2D eigenvalue weighted by Gasteiger charge is 2.24. The highest BCUT2D eigenvalue weighted by Crippen LogP contribution is 2.30. The van der Waals surface area contributed by atoms with E-state index in [1.54, 1.807) is 0 Å². The first kappa shape index (κ1) is 14.4. The fourth-order valence-electron chi connectivity index (χ4n) is 2.47. The largest absolute Gasteiger partial charge is 0.303 e. The Morgan fingerprint density at radius 1 is 1.19 bits per heavy atom. The quantitative estimate of drug-likeness (QED) is 0.737. The second-order valence-electron chi connectivity index (χ2n) is 6.51. The van der Waals surface area contributed by atoms with Crippen molar-refractivity contribution >= 4 is 12.6 Å². The molecule has 96 valence electrons. The molecular formula is C14H29NS. The van der Waals surface area contributed by atoms with Crippen molar-refractivity contribution in [2.75, 3.05) is 25.4 Å². The number of rotatable bonds is 4. The normalized spacial score (nSPS) is 24.4. The van der Waals surface area contributed by atoms with Crippen molar-refractivity contribution in [3.8, 4) is 0 Å². The number of thiol groups is 1. The van der Waals surface area contributed by atoms with Gasteiger partial charge in [0.15, 0.2) is 0 Å². The van der Waals surface area contributed by atoms with Crippen LogP contribution in [0.2, 0.25) is 0 Å². The van der Waals surface area contributed by atoms with Crippen LogP contribution in [0.1, 0.15) is 47.0 Å². The zero-order valence-corrected chi connectivity index (χ0v) is 12.4. The summed E-state index contributed by atoms with van der Waals surface area (Å²) < 4.78 is 0. The molecule has 1 rings (SSSR count). The van der Waals surface area contributed by atoms with Gasteiger partial charge < -0.3 is 4.90 Å². The minimum atomic E-state index is 0.559. The Kier molecular flexibility index (Phi) is 5.66. The van der Waals surface area contributed by atoms with Crippen LogP contribution in [0.5, 0.6) is 0 Å². The highest BCUT2D eigenvalue weighted by molar-refractivity contribution is 7.80. The first-order chi connectivity index (χ1) is 7.44. The lowest BCUT2D eigenvalue weighted by Crippen LogP contribution is -2.33. The summed E-state index contributed by atoms with van der Waals surface area (Å²) in [6.07, 6.45) is 4.10. The molecule has 0 aromatic carbocycles. The third-order valence-electron chi connectivity index (χ3n) is 4.10. The van der Waals surface area contributed by atoms with Gasteiger partial charge in [-0.2, -0.15) is 12.6 Å². The van der Waals surface area contributed by atoms with Crippen LogP contribution in [0, 0.1) is 17.3 Å². The van der Waals surface area contributed by atoms with Gasteiger partial charge in [0.1, 0.15) is 0 Å². The topological polar surface area (TPSA) is 3.24 Å². The number of hydrogen-bond acceptors (Lipinski definition) is 2. The molecule has 1 nitrogen and oxygen atoms in total. The van der Waals surface area contributed by atoms with Crippen LogP contribution in [0.4, 0.5) is 0 Å². The second kappa shape index (κ2) is 6.30. The summed E-state index contributed by atoms with van der Waals surface area (Å²) in [6.45, 7) is 13.3. The molecule has 0 bridgehead atoms. The molecule has 0 aliphatic carbocycles. The molecule has 2 heteroatoms. The van der Waals surface area contributed by atoms with Crippen LogP contribution in [0.3, 0.4) is 0 Å². The smallest absolute Gasteiger partial charge is 0.00199 e. The molecule has 1 unspecified atom stereocenters. The van der Waals surface area contributed by atoms with Gasteiger partial charge in [0.2, 0.25) is 0 Å². The van der Waals surface area contributed by atoms with Gasteiger partial charge in [-0.3, -0.25) is 0 Å². The molecule has 0 radical (unpaired) electrons. The van der Waals surface area contributed by atoms with E-state index >= 15 is 0 Å². The molecule has 0 aromatic heterocycles. The summed E-state index contributed by atoms with van der Waals surface area (Å²) in [7, 11) is 0. The predicted octanol–water partition coefficient (Wildman–Crippen LogP) is 3.70. The second-order valence-corrected chi connectivity index (χ2v) is 6.87. The van der Waals surface area contributed by atoms with E-state index in [1.807, 2.05) is 0 Å². The molecule has 1 atom stereocenters. The monoisotopic (exact) mass is 243 g/mol. The number of nitrogens with zero attached hydrogens (tertiary/aromatic N) is 1. The summed E-state index contributed by atoms with van der Waals surface area (Å²) in [5.74, 6) is 2.54. The molecular weight excluding hydrogens is 214 g/mol. The maximum Gasteiger partial charge on any atom is 0.00199 e. The van der Waals surface area contributed by atoms with Crippen LogP contribution in [0.25, 0.3) is 0 Å². The number of hydrogen-bond donors (Lipinski definition) is 1. The lowest BCUT2D eigenvalue weighted by molar-refractivity contribution is 0.212. The van der Waals surface area contributed by atoms with Gasteiger partial charge >= 0.3 is 0 Å². The lowest BCUT2D eigenvalue weighted by Gasteiger charge is -2.28. The molecule has 1 aliphatic rings. The van der Waals surface area contributed by atoms with E-state index in [1.165, 1.54) is 38.9 Å². The fraction of sp³-hybridized carbons (Fsp3) is 1.00. The Bertz CT molecular complexity index is 201. The van der Waals surface area contributed by atoms with E-state index < -0.39 is 0 Å². The summed E-state index contributed by atoms with van der Waals surface area (Å²) in [6, 6.07) is 0. The molecule has 1 saturated heterocycles. The predicted molar refractivity (Wildman–Crippen MR) is 76.3 cm³/mol. The number of likely N-dealkylation sites (tertiary alicyclic amines) is 1. The van der Waals surface area contributed by atoms with E-state index in [4.69, 9.17) is 0 Å². The van der Waals surface area contributed by atoms with Gasteiger partial charge in [0.25, 0.3) is 0 Å². The molecule has 16 heavy (non-hydrogen) atoms. The molecule has 0 N–H and O–H groups in total. The van der Waals surface area contributed by atoms with Crippen LogP contribution in [0.15, 0.2) is 0 Å². The van der Waals surface area contributed by atoms with Crippen molar-refractivity contribution in [3.05, 3.63) is 0 Å². The third-order valence-corrected chi connectivity index (χ3v) is 4.57. The van der Waals surface area contributed by atoms with Crippen LogP contribution >= 0.6 is 12.6 Å². The van der Waals surface area contributed by atoms with Crippen molar-refractivity contribution in [1.29, 1.82) is 0 Å². The zero-order valence-electron chi connectivity index (χ0n) is 11.5. The Balaban J connectivity index is 2.43. The minimum absolute atomic E-state index is 0.559. The van der Waals surface area contributed by atoms with Crippen molar-refractivity contribution in [2.24, 2.45) is 17.3 Å². The van der Waals surface area contributed by atoms with Gasteiger partial charge in [-0.15, -0.1) is 0 Å². The maximum atomic E-state index is 4.49. The molecule has 0 amide bonds. The van der Waals surface area contributed by atoms with Gasteiger partial charge in [-0.05, 0) is 55.4 Å². The van der Waals surface area contributed by atoms with Gasteiger partial charge in [-0.25, -0.2) is 0 Å². The zero-order chi connectivity index (χ0) is 12.2.